The minimum absolute atomic E-state index is 0.234. The molecule has 172 valence electrons. The summed E-state index contributed by atoms with van der Waals surface area (Å²) in [7, 11) is 0. The van der Waals surface area contributed by atoms with E-state index in [2.05, 4.69) is 31.8 Å². The van der Waals surface area contributed by atoms with E-state index in [4.69, 9.17) is 16.3 Å². The van der Waals surface area contributed by atoms with Crippen LogP contribution in [0.1, 0.15) is 20.8 Å². The highest BCUT2D eigenvalue weighted by Gasteiger charge is 2.17. The fourth-order valence-electron chi connectivity index (χ4n) is 3.07. The molecule has 0 unspecified atom stereocenters. The van der Waals surface area contributed by atoms with E-state index in [1.807, 2.05) is 72.8 Å². The van der Waals surface area contributed by atoms with Crippen molar-refractivity contribution in [3.63, 3.8) is 0 Å². The summed E-state index contributed by atoms with van der Waals surface area (Å²) in [6.45, 7) is 0.210. The summed E-state index contributed by atoms with van der Waals surface area (Å²) in [5.41, 5.74) is 4.20. The number of carbonyl (C=O) groups is 2. The largest absolute Gasteiger partial charge is 0.489 e. The molecule has 1 heterocycles. The molecule has 0 bridgehead atoms. The summed E-state index contributed by atoms with van der Waals surface area (Å²) in [6, 6.07) is 22.8. The summed E-state index contributed by atoms with van der Waals surface area (Å²) in [5.74, 6) is -0.196. The summed E-state index contributed by atoms with van der Waals surface area (Å²) >= 11 is 11.1. The number of benzene rings is 3. The monoisotopic (exact) mass is 555 g/mol. The van der Waals surface area contributed by atoms with Gasteiger partial charge in [-0.15, -0.1) is 11.3 Å². The molecule has 0 radical (unpaired) electrons. The Balaban J connectivity index is 1.30. The first-order valence-corrected chi connectivity index (χ1v) is 12.2. The van der Waals surface area contributed by atoms with Crippen LogP contribution >= 0.6 is 38.9 Å². The van der Waals surface area contributed by atoms with Crippen LogP contribution in [0.2, 0.25) is 5.02 Å². The molecule has 2 N–H and O–H groups in total. The molecule has 9 heteroatoms. The van der Waals surface area contributed by atoms with Gasteiger partial charge in [-0.25, -0.2) is 5.43 Å². The maximum atomic E-state index is 12.5. The molecule has 0 atom stereocenters. The van der Waals surface area contributed by atoms with Crippen molar-refractivity contribution in [1.82, 2.24) is 10.7 Å². The summed E-state index contributed by atoms with van der Waals surface area (Å²) in [4.78, 5) is 25.0. The van der Waals surface area contributed by atoms with Crippen LogP contribution in [0.25, 0.3) is 10.1 Å². The van der Waals surface area contributed by atoms with Crippen LogP contribution in [0.3, 0.4) is 0 Å². The Bertz CT molecular complexity index is 1360. The van der Waals surface area contributed by atoms with Crippen molar-refractivity contribution in [2.75, 3.05) is 6.54 Å². The quantitative estimate of drug-likeness (QED) is 0.213. The van der Waals surface area contributed by atoms with Crippen LogP contribution in [0.5, 0.6) is 5.75 Å². The fraction of sp³-hybridized carbons (Fsp3) is 0.0800. The van der Waals surface area contributed by atoms with Crippen molar-refractivity contribution in [3.8, 4) is 5.75 Å². The first-order chi connectivity index (χ1) is 16.5. The number of carbonyl (C=O) groups excluding carboxylic acids is 2. The van der Waals surface area contributed by atoms with Crippen LogP contribution in [-0.2, 0) is 11.4 Å². The maximum absolute atomic E-state index is 12.5. The van der Waals surface area contributed by atoms with Gasteiger partial charge >= 0.3 is 0 Å². The lowest BCUT2D eigenvalue weighted by molar-refractivity contribution is -0.120. The zero-order valence-corrected chi connectivity index (χ0v) is 20.9. The van der Waals surface area contributed by atoms with Gasteiger partial charge in [0.25, 0.3) is 11.8 Å². The van der Waals surface area contributed by atoms with Crippen molar-refractivity contribution in [2.24, 2.45) is 5.10 Å². The van der Waals surface area contributed by atoms with Gasteiger partial charge in [-0.1, -0.05) is 76.1 Å². The number of rotatable bonds is 8. The Hall–Kier alpha value is -3.20. The average Bonchev–Trinajstić information content (AvgIpc) is 3.20. The van der Waals surface area contributed by atoms with E-state index in [1.165, 1.54) is 17.6 Å². The van der Waals surface area contributed by atoms with Crippen molar-refractivity contribution in [1.29, 1.82) is 0 Å². The van der Waals surface area contributed by atoms with E-state index in [-0.39, 0.29) is 6.54 Å². The predicted octanol–water partition coefficient (Wildman–Crippen LogP) is 5.78. The molecule has 6 nitrogen and oxygen atoms in total. The molecular weight excluding hydrogens is 538 g/mol. The molecule has 4 aromatic rings. The van der Waals surface area contributed by atoms with Crippen LogP contribution in [0.4, 0.5) is 0 Å². The second kappa shape index (κ2) is 11.3. The molecule has 0 aliphatic rings. The third-order valence-electron chi connectivity index (χ3n) is 4.76. The first kappa shape index (κ1) is 23.9. The third kappa shape index (κ3) is 6.02. The molecule has 0 saturated heterocycles. The first-order valence-electron chi connectivity index (χ1n) is 10.2. The van der Waals surface area contributed by atoms with E-state index in [9.17, 15) is 9.59 Å². The van der Waals surface area contributed by atoms with Gasteiger partial charge in [0.2, 0.25) is 0 Å². The second-order valence-corrected chi connectivity index (χ2v) is 9.46. The van der Waals surface area contributed by atoms with Gasteiger partial charge in [0.05, 0.1) is 17.8 Å². The zero-order valence-electron chi connectivity index (χ0n) is 17.8. The number of nitrogens with one attached hydrogen (secondary N) is 2. The van der Waals surface area contributed by atoms with Gasteiger partial charge in [0.15, 0.2) is 0 Å². The minimum Gasteiger partial charge on any atom is -0.489 e. The zero-order chi connectivity index (χ0) is 23.9. The number of ether oxygens (including phenoxy) is 1. The molecule has 3 aromatic carbocycles. The number of nitrogens with zero attached hydrogens (tertiary/aromatic N) is 1. The normalized spacial score (nSPS) is 11.0. The van der Waals surface area contributed by atoms with Crippen LogP contribution in [0.15, 0.2) is 82.4 Å². The van der Waals surface area contributed by atoms with Gasteiger partial charge in [0, 0.05) is 20.1 Å². The standard InChI is InChI=1S/C25H19BrClN3O3S/c26-20-11-10-18(33-15-16-6-2-1-3-7-16)12-17(20)13-29-30-22(31)14-28-25(32)24-23(27)19-8-4-5-9-21(19)34-24/h1-13H,14-15H2,(H,28,32)(H,30,31)/b29-13+. The molecule has 1 aromatic heterocycles. The van der Waals surface area contributed by atoms with E-state index < -0.39 is 11.8 Å². The number of hydrogen-bond acceptors (Lipinski definition) is 5. The van der Waals surface area contributed by atoms with Crippen molar-refractivity contribution < 1.29 is 14.3 Å². The highest BCUT2D eigenvalue weighted by molar-refractivity contribution is 9.10. The van der Waals surface area contributed by atoms with E-state index in [0.29, 0.717) is 22.3 Å². The summed E-state index contributed by atoms with van der Waals surface area (Å²) in [6.07, 6.45) is 1.50. The number of fused-ring (bicyclic) bond motifs is 1. The minimum atomic E-state index is -0.463. The predicted molar refractivity (Wildman–Crippen MR) is 140 cm³/mol. The number of halogens is 2. The second-order valence-electron chi connectivity index (χ2n) is 7.17. The Labute approximate surface area is 213 Å². The molecule has 34 heavy (non-hydrogen) atoms. The number of hydrazone groups is 1. The molecule has 0 aliphatic heterocycles. The van der Waals surface area contributed by atoms with Gasteiger partial charge in [-0.2, -0.15) is 5.10 Å². The SMILES string of the molecule is O=C(CNC(=O)c1sc2ccccc2c1Cl)N/N=C/c1cc(OCc2ccccc2)ccc1Br. The highest BCUT2D eigenvalue weighted by Crippen LogP contribution is 2.34. The molecular formula is C25H19BrClN3O3S. The Morgan fingerprint density at radius 3 is 2.62 bits per heavy atom. The maximum Gasteiger partial charge on any atom is 0.263 e. The molecule has 0 fully saturated rings. The average molecular weight is 557 g/mol. The van der Waals surface area contributed by atoms with Crippen molar-refractivity contribution in [3.05, 3.63) is 98.3 Å². The number of hydrogen-bond donors (Lipinski definition) is 2. The lowest BCUT2D eigenvalue weighted by Crippen LogP contribution is -2.34. The van der Waals surface area contributed by atoms with Crippen molar-refractivity contribution >= 4 is 67.0 Å². The Kier molecular flexibility index (Phi) is 7.95. The van der Waals surface area contributed by atoms with Gasteiger partial charge in [-0.05, 0) is 29.8 Å². The van der Waals surface area contributed by atoms with Crippen LogP contribution in [-0.4, -0.2) is 24.6 Å². The fourth-order valence-corrected chi connectivity index (χ4v) is 4.85. The van der Waals surface area contributed by atoms with E-state index in [0.717, 1.165) is 25.7 Å². The van der Waals surface area contributed by atoms with Gasteiger partial charge in [-0.3, -0.25) is 9.59 Å². The molecule has 0 aliphatic carbocycles. The highest BCUT2D eigenvalue weighted by atomic mass is 79.9. The van der Waals surface area contributed by atoms with Crippen molar-refractivity contribution in [2.45, 2.75) is 6.61 Å². The number of amides is 2. The summed E-state index contributed by atoms with van der Waals surface area (Å²) in [5, 5.41) is 7.75. The Morgan fingerprint density at radius 1 is 1.06 bits per heavy atom. The third-order valence-corrected chi connectivity index (χ3v) is 7.16. The summed E-state index contributed by atoms with van der Waals surface area (Å²) < 4.78 is 7.53. The van der Waals surface area contributed by atoms with E-state index >= 15 is 0 Å². The van der Waals surface area contributed by atoms with E-state index in [1.54, 1.807) is 0 Å². The molecule has 4 rings (SSSR count). The van der Waals surface area contributed by atoms with Gasteiger partial charge in [0.1, 0.15) is 17.2 Å². The lowest BCUT2D eigenvalue weighted by Gasteiger charge is -2.08. The Morgan fingerprint density at radius 2 is 1.82 bits per heavy atom. The molecule has 0 saturated carbocycles. The lowest BCUT2D eigenvalue weighted by atomic mass is 10.2. The smallest absolute Gasteiger partial charge is 0.263 e. The topological polar surface area (TPSA) is 79.8 Å². The van der Waals surface area contributed by atoms with Gasteiger partial charge < -0.3 is 10.1 Å². The van der Waals surface area contributed by atoms with Crippen LogP contribution < -0.4 is 15.5 Å². The molecule has 0 spiro atoms. The molecule has 2 amide bonds. The van der Waals surface area contributed by atoms with Crippen LogP contribution in [0, 0.1) is 0 Å². The number of thiophene rings is 1.